The van der Waals surface area contributed by atoms with E-state index in [0.717, 1.165) is 29.1 Å². The monoisotopic (exact) mass is 427 g/mol. The Bertz CT molecular complexity index is 1050. The number of aromatic nitrogens is 2. The molecule has 0 amide bonds. The third-order valence-corrected chi connectivity index (χ3v) is 4.79. The molecule has 0 saturated heterocycles. The molecule has 5 nitrogen and oxygen atoms in total. The number of halogens is 1. The number of imidazole rings is 1. The van der Waals surface area contributed by atoms with Crippen LogP contribution >= 0.6 is 11.6 Å². The molecule has 3 aromatic rings. The summed E-state index contributed by atoms with van der Waals surface area (Å²) >= 11 is 5.84. The van der Waals surface area contributed by atoms with Gasteiger partial charge >= 0.3 is 5.97 Å². The second-order valence-corrected chi connectivity index (χ2v) is 10.2. The van der Waals surface area contributed by atoms with Gasteiger partial charge in [-0.15, -0.1) is 11.6 Å². The molecule has 0 aliphatic heterocycles. The normalized spacial score (nSPS) is 13.3. The van der Waals surface area contributed by atoms with Gasteiger partial charge in [-0.1, -0.05) is 39.0 Å². The first-order chi connectivity index (χ1) is 14.0. The molecule has 1 aromatic carbocycles. The lowest BCUT2D eigenvalue weighted by atomic mass is 9.82. The fourth-order valence-electron chi connectivity index (χ4n) is 3.91. The van der Waals surface area contributed by atoms with Gasteiger partial charge < -0.3 is 10.1 Å². The summed E-state index contributed by atoms with van der Waals surface area (Å²) in [5.74, 6) is 0.879. The number of benzene rings is 1. The zero-order valence-corrected chi connectivity index (χ0v) is 19.2. The van der Waals surface area contributed by atoms with Crippen molar-refractivity contribution in [2.45, 2.75) is 58.9 Å². The Morgan fingerprint density at radius 2 is 1.90 bits per heavy atom. The van der Waals surface area contributed by atoms with Crippen LogP contribution in [0.25, 0.3) is 16.9 Å². The molecule has 3 rings (SSSR count). The third kappa shape index (κ3) is 5.33. The maximum Gasteiger partial charge on any atom is 0.329 e. The predicted molar refractivity (Wildman–Crippen MR) is 123 cm³/mol. The van der Waals surface area contributed by atoms with Crippen LogP contribution in [0.4, 0.5) is 5.82 Å². The maximum absolute atomic E-state index is 11.9. The summed E-state index contributed by atoms with van der Waals surface area (Å²) in [6.07, 6.45) is 2.98. The zero-order valence-electron chi connectivity index (χ0n) is 18.5. The molecule has 0 radical (unpaired) electrons. The van der Waals surface area contributed by atoms with E-state index in [0.29, 0.717) is 5.75 Å². The van der Waals surface area contributed by atoms with Gasteiger partial charge in [-0.2, -0.15) is 0 Å². The highest BCUT2D eigenvalue weighted by molar-refractivity contribution is 6.29. The van der Waals surface area contributed by atoms with Crippen LogP contribution < -0.4 is 10.1 Å². The molecule has 0 aliphatic rings. The van der Waals surface area contributed by atoms with Crippen LogP contribution in [-0.2, 0) is 4.79 Å². The third-order valence-electron chi connectivity index (χ3n) is 4.61. The number of carbonyl (C=O) groups excluding carboxylic acids is 1. The number of fused-ring (bicyclic) bond motifs is 1. The highest BCUT2D eigenvalue weighted by Gasteiger charge is 2.28. The summed E-state index contributed by atoms with van der Waals surface area (Å²) in [5.41, 5.74) is 2.53. The van der Waals surface area contributed by atoms with E-state index in [1.807, 2.05) is 42.6 Å². The number of nitrogens with one attached hydrogen (secondary N) is 1. The number of anilines is 1. The Hall–Kier alpha value is -2.53. The van der Waals surface area contributed by atoms with Gasteiger partial charge in [0.15, 0.2) is 0 Å². The Morgan fingerprint density at radius 1 is 1.17 bits per heavy atom. The van der Waals surface area contributed by atoms with Crippen LogP contribution in [0.5, 0.6) is 5.75 Å². The minimum Gasteiger partial charge on any atom is -0.425 e. The van der Waals surface area contributed by atoms with Gasteiger partial charge in [0.25, 0.3) is 0 Å². The van der Waals surface area contributed by atoms with E-state index in [9.17, 15) is 4.79 Å². The van der Waals surface area contributed by atoms with Crippen LogP contribution in [0.2, 0.25) is 0 Å². The van der Waals surface area contributed by atoms with Gasteiger partial charge in [0.05, 0.1) is 0 Å². The Balaban J connectivity index is 2.05. The molecule has 160 valence electrons. The fraction of sp³-hybridized carbons (Fsp3) is 0.417. The standard InChI is InChI=1S/C24H30ClN3O2/c1-16(25)22(29)30-18-11-9-10-17(14-18)20-21(27-24(5,6)15-23(2,3)4)28-13-8-7-12-19(28)26-20/h7-14,16,27H,15H2,1-6H3/t16-/m0/s1. The van der Waals surface area contributed by atoms with Crippen molar-refractivity contribution in [1.82, 2.24) is 9.38 Å². The predicted octanol–water partition coefficient (Wildman–Crippen LogP) is 6.16. The Morgan fingerprint density at radius 3 is 2.57 bits per heavy atom. The van der Waals surface area contributed by atoms with Crippen molar-refractivity contribution < 1.29 is 9.53 Å². The summed E-state index contributed by atoms with van der Waals surface area (Å²) in [7, 11) is 0. The van der Waals surface area contributed by atoms with E-state index in [-0.39, 0.29) is 11.0 Å². The van der Waals surface area contributed by atoms with E-state index in [2.05, 4.69) is 44.3 Å². The number of nitrogens with zero attached hydrogens (tertiary/aromatic N) is 2. The summed E-state index contributed by atoms with van der Waals surface area (Å²) < 4.78 is 7.45. The van der Waals surface area contributed by atoms with Crippen LogP contribution in [0, 0.1) is 5.41 Å². The lowest BCUT2D eigenvalue weighted by molar-refractivity contribution is -0.133. The van der Waals surface area contributed by atoms with Gasteiger partial charge in [0.2, 0.25) is 0 Å². The zero-order chi connectivity index (χ0) is 22.1. The summed E-state index contributed by atoms with van der Waals surface area (Å²) in [5, 5.41) is 3.01. The number of hydrogen-bond donors (Lipinski definition) is 1. The van der Waals surface area contributed by atoms with Crippen LogP contribution in [0.3, 0.4) is 0 Å². The van der Waals surface area contributed by atoms with E-state index in [1.54, 1.807) is 13.0 Å². The minimum absolute atomic E-state index is 0.156. The molecular weight excluding hydrogens is 398 g/mol. The molecule has 2 heterocycles. The number of hydrogen-bond acceptors (Lipinski definition) is 4. The van der Waals surface area contributed by atoms with Crippen molar-refractivity contribution in [3.63, 3.8) is 0 Å². The number of rotatable bonds is 6. The summed E-state index contributed by atoms with van der Waals surface area (Å²) in [4.78, 5) is 16.8. The maximum atomic E-state index is 11.9. The SMILES string of the molecule is C[C@H](Cl)C(=O)Oc1cccc(-c2nc3ccccn3c2NC(C)(C)CC(C)(C)C)c1. The second-order valence-electron chi connectivity index (χ2n) is 9.55. The Kier molecular flexibility index (Phi) is 6.14. The first-order valence-electron chi connectivity index (χ1n) is 10.2. The molecule has 6 heteroatoms. The molecule has 2 aromatic heterocycles. The van der Waals surface area contributed by atoms with Gasteiger partial charge in [-0.05, 0) is 56.9 Å². The number of pyridine rings is 1. The van der Waals surface area contributed by atoms with Crippen molar-refractivity contribution in [1.29, 1.82) is 0 Å². The second kappa shape index (κ2) is 8.31. The van der Waals surface area contributed by atoms with Crippen molar-refractivity contribution >= 4 is 29.0 Å². The molecule has 0 spiro atoms. The minimum atomic E-state index is -0.709. The van der Waals surface area contributed by atoms with Crippen molar-refractivity contribution in [2.24, 2.45) is 5.41 Å². The first kappa shape index (κ1) is 22.2. The lowest BCUT2D eigenvalue weighted by Crippen LogP contribution is -2.36. The number of ether oxygens (including phenoxy) is 1. The highest BCUT2D eigenvalue weighted by Crippen LogP contribution is 2.35. The van der Waals surface area contributed by atoms with Gasteiger partial charge in [-0.3, -0.25) is 9.20 Å². The van der Waals surface area contributed by atoms with E-state index in [4.69, 9.17) is 21.3 Å². The Labute approximate surface area is 183 Å². The molecule has 0 fully saturated rings. The molecule has 0 saturated carbocycles. The van der Waals surface area contributed by atoms with Crippen molar-refractivity contribution in [3.8, 4) is 17.0 Å². The van der Waals surface area contributed by atoms with Crippen LogP contribution in [0.15, 0.2) is 48.7 Å². The van der Waals surface area contributed by atoms with E-state index in [1.165, 1.54) is 0 Å². The largest absolute Gasteiger partial charge is 0.425 e. The molecule has 1 atom stereocenters. The molecule has 30 heavy (non-hydrogen) atoms. The summed E-state index contributed by atoms with van der Waals surface area (Å²) in [6, 6.07) is 13.3. The topological polar surface area (TPSA) is 55.6 Å². The average molecular weight is 428 g/mol. The molecule has 1 N–H and O–H groups in total. The summed E-state index contributed by atoms with van der Waals surface area (Å²) in [6.45, 7) is 12.7. The average Bonchev–Trinajstić information content (AvgIpc) is 2.98. The fourth-order valence-corrected chi connectivity index (χ4v) is 3.96. The van der Waals surface area contributed by atoms with Crippen molar-refractivity contribution in [3.05, 3.63) is 48.7 Å². The lowest BCUT2D eigenvalue weighted by Gasteiger charge is -2.34. The van der Waals surface area contributed by atoms with Crippen LogP contribution in [-0.4, -0.2) is 26.3 Å². The molecular formula is C24H30ClN3O2. The first-order valence-corrected chi connectivity index (χ1v) is 10.6. The quantitative estimate of drug-likeness (QED) is 0.290. The van der Waals surface area contributed by atoms with E-state index >= 15 is 0 Å². The molecule has 0 unspecified atom stereocenters. The van der Waals surface area contributed by atoms with Crippen molar-refractivity contribution in [2.75, 3.05) is 5.32 Å². The number of esters is 1. The van der Waals surface area contributed by atoms with Crippen LogP contribution in [0.1, 0.15) is 48.0 Å². The number of carbonyl (C=O) groups is 1. The number of alkyl halides is 1. The smallest absolute Gasteiger partial charge is 0.329 e. The molecule has 0 aliphatic carbocycles. The molecule has 0 bridgehead atoms. The van der Waals surface area contributed by atoms with Gasteiger partial charge in [0.1, 0.15) is 28.3 Å². The van der Waals surface area contributed by atoms with Gasteiger partial charge in [-0.25, -0.2) is 4.98 Å². The van der Waals surface area contributed by atoms with E-state index < -0.39 is 11.3 Å². The highest BCUT2D eigenvalue weighted by atomic mass is 35.5. The van der Waals surface area contributed by atoms with Gasteiger partial charge in [0, 0.05) is 17.3 Å².